The number of likely N-dealkylation sites (tertiary alicyclic amines) is 2. The maximum absolute atomic E-state index is 15.8. The molecule has 0 aliphatic carbocycles. The summed E-state index contributed by atoms with van der Waals surface area (Å²) >= 11 is 1.21. The number of thiazole rings is 1. The van der Waals surface area contributed by atoms with Crippen LogP contribution in [0.15, 0.2) is 36.4 Å². The van der Waals surface area contributed by atoms with Crippen LogP contribution in [0, 0.1) is 34.3 Å². The minimum absolute atomic E-state index is 0.0819. The molecule has 4 aliphatic heterocycles. The van der Waals surface area contributed by atoms with E-state index >= 15 is 4.39 Å². The Morgan fingerprint density at radius 1 is 1.17 bits per heavy atom. The highest BCUT2D eigenvalue weighted by molar-refractivity contribution is 7.16. The number of fused-ring (bicyclic) bond motifs is 2. The van der Waals surface area contributed by atoms with Gasteiger partial charge in [0.1, 0.15) is 28.0 Å². The fourth-order valence-electron chi connectivity index (χ4n) is 7.18. The van der Waals surface area contributed by atoms with E-state index in [1.807, 2.05) is 18.0 Å². The molecule has 13 heteroatoms. The third-order valence-electron chi connectivity index (χ3n) is 9.53. The predicted molar refractivity (Wildman–Crippen MR) is 169 cm³/mol. The number of anilines is 3. The fourth-order valence-corrected chi connectivity index (χ4v) is 8.03. The van der Waals surface area contributed by atoms with Crippen LogP contribution in [0.5, 0.6) is 5.75 Å². The van der Waals surface area contributed by atoms with E-state index in [0.29, 0.717) is 76.4 Å². The van der Waals surface area contributed by atoms with E-state index in [1.54, 1.807) is 23.1 Å². The molecule has 0 atom stereocenters. The van der Waals surface area contributed by atoms with Crippen molar-refractivity contribution in [2.45, 2.75) is 6.42 Å². The third kappa shape index (κ3) is 4.74. The number of aliphatic hydroxyl groups is 1. The molecule has 6 heterocycles. The summed E-state index contributed by atoms with van der Waals surface area (Å²) in [6, 6.07) is 11.6. The van der Waals surface area contributed by atoms with E-state index in [-0.39, 0.29) is 35.2 Å². The van der Waals surface area contributed by atoms with Crippen molar-refractivity contribution in [3.8, 4) is 23.1 Å². The Morgan fingerprint density at radius 3 is 2.65 bits per heavy atom. The van der Waals surface area contributed by atoms with Gasteiger partial charge in [0.2, 0.25) is 5.91 Å². The van der Waals surface area contributed by atoms with Gasteiger partial charge in [-0.25, -0.2) is 18.7 Å². The van der Waals surface area contributed by atoms with Crippen molar-refractivity contribution in [3.05, 3.63) is 58.6 Å². The maximum atomic E-state index is 15.8. The highest BCUT2D eigenvalue weighted by atomic mass is 32.1. The number of nitriles is 1. The Kier molecular flexibility index (Phi) is 6.86. The van der Waals surface area contributed by atoms with Crippen molar-refractivity contribution in [2.24, 2.45) is 11.3 Å². The van der Waals surface area contributed by atoms with Gasteiger partial charge in [-0.15, -0.1) is 0 Å². The summed E-state index contributed by atoms with van der Waals surface area (Å²) in [7, 11) is 1.82. The number of halogens is 2. The van der Waals surface area contributed by atoms with Gasteiger partial charge < -0.3 is 24.5 Å². The monoisotopic (exact) mass is 643 g/mol. The number of hydrogen-bond acceptors (Lipinski definition) is 10. The first kappa shape index (κ1) is 29.1. The average molecular weight is 644 g/mol. The van der Waals surface area contributed by atoms with Gasteiger partial charge in [0.25, 0.3) is 0 Å². The van der Waals surface area contributed by atoms with Crippen LogP contribution in [-0.4, -0.2) is 96.9 Å². The van der Waals surface area contributed by atoms with Gasteiger partial charge in [-0.1, -0.05) is 11.3 Å². The predicted octanol–water partition coefficient (Wildman–Crippen LogP) is 3.78. The van der Waals surface area contributed by atoms with Gasteiger partial charge in [0, 0.05) is 87.3 Å². The molecule has 4 aliphatic rings. The second kappa shape index (κ2) is 10.9. The Hall–Kier alpha value is -4.38. The Bertz CT molecular complexity index is 1910. The van der Waals surface area contributed by atoms with Gasteiger partial charge in [0.05, 0.1) is 24.5 Å². The van der Waals surface area contributed by atoms with Crippen LogP contribution >= 0.6 is 11.3 Å². The van der Waals surface area contributed by atoms with Gasteiger partial charge in [-0.05, 0) is 36.4 Å². The standard InChI is InChI=1S/C33H31F2N7O3S/c1-39(32-38-28(26(10-36)46-32)20-2-4-21(34)5-3-20)30-23-8-22(9-24(35)29(23)37-25-6-7-45-31(25)30)42-17-33(18-42)15-40(16-33)13-27(44)41-11-19(12-41)14-43/h2-5,8-9,19,43H,6-7,11-18H2,1H3. The molecule has 2 aromatic carbocycles. The van der Waals surface area contributed by atoms with E-state index in [1.165, 1.54) is 23.5 Å². The van der Waals surface area contributed by atoms with E-state index in [0.717, 1.165) is 31.9 Å². The lowest BCUT2D eigenvalue weighted by Crippen LogP contribution is -2.73. The van der Waals surface area contributed by atoms with Crippen LogP contribution in [0.25, 0.3) is 22.2 Å². The summed E-state index contributed by atoms with van der Waals surface area (Å²) in [6.45, 7) is 5.38. The summed E-state index contributed by atoms with van der Waals surface area (Å²) in [4.78, 5) is 30.3. The molecule has 0 unspecified atom stereocenters. The molecule has 8 rings (SSSR count). The topological polar surface area (TPSA) is 109 Å². The second-order valence-electron chi connectivity index (χ2n) is 12.9. The van der Waals surface area contributed by atoms with Crippen molar-refractivity contribution in [3.63, 3.8) is 0 Å². The first-order valence-corrected chi connectivity index (χ1v) is 16.1. The van der Waals surface area contributed by atoms with Gasteiger partial charge in [-0.2, -0.15) is 5.26 Å². The van der Waals surface area contributed by atoms with Crippen molar-refractivity contribution < 1.29 is 23.4 Å². The Labute approximate surface area is 268 Å². The Morgan fingerprint density at radius 2 is 1.93 bits per heavy atom. The minimum Gasteiger partial charge on any atom is -0.489 e. The van der Waals surface area contributed by atoms with Crippen LogP contribution < -0.4 is 14.5 Å². The lowest BCUT2D eigenvalue weighted by Gasteiger charge is -2.61. The zero-order valence-corrected chi connectivity index (χ0v) is 26.0. The number of nitrogens with zero attached hydrogens (tertiary/aromatic N) is 7. The summed E-state index contributed by atoms with van der Waals surface area (Å²) in [6.07, 6.45) is 0.558. The summed E-state index contributed by atoms with van der Waals surface area (Å²) in [5.74, 6) is 0.0980. The van der Waals surface area contributed by atoms with Crippen molar-refractivity contribution >= 4 is 44.7 Å². The van der Waals surface area contributed by atoms with Crippen molar-refractivity contribution in [2.75, 3.05) is 75.9 Å². The number of hydrogen-bond donors (Lipinski definition) is 1. The van der Waals surface area contributed by atoms with Gasteiger partial charge in [0.15, 0.2) is 16.7 Å². The average Bonchev–Trinajstić information content (AvgIpc) is 3.63. The molecule has 3 saturated heterocycles. The minimum atomic E-state index is -0.418. The largest absolute Gasteiger partial charge is 0.489 e. The second-order valence-corrected chi connectivity index (χ2v) is 13.8. The zero-order valence-electron chi connectivity index (χ0n) is 25.2. The highest BCUT2D eigenvalue weighted by Crippen LogP contribution is 2.48. The first-order chi connectivity index (χ1) is 22.2. The molecule has 0 bridgehead atoms. The molecular formula is C33H31F2N7O3S. The quantitative estimate of drug-likeness (QED) is 0.322. The molecular weight excluding hydrogens is 612 g/mol. The number of rotatable bonds is 7. The number of aromatic nitrogens is 2. The number of amides is 1. The number of benzene rings is 2. The molecule has 1 amide bonds. The SMILES string of the molecule is CN(c1nc(-c2ccc(F)cc2)c(C#N)s1)c1c2c(nc3c(F)cc(N4CC5(CN(CC(=O)N6CC(CO)C6)C5)C4)cc13)CCO2. The van der Waals surface area contributed by atoms with Crippen LogP contribution in [-0.2, 0) is 11.2 Å². The number of aliphatic hydroxyl groups excluding tert-OH is 1. The van der Waals surface area contributed by atoms with Crippen LogP contribution in [0.4, 0.5) is 25.3 Å². The summed E-state index contributed by atoms with van der Waals surface area (Å²) in [5.41, 5.74) is 3.48. The molecule has 4 aromatic rings. The van der Waals surface area contributed by atoms with Crippen LogP contribution in [0.3, 0.4) is 0 Å². The maximum Gasteiger partial charge on any atom is 0.236 e. The highest BCUT2D eigenvalue weighted by Gasteiger charge is 2.52. The molecule has 3 fully saturated rings. The zero-order chi connectivity index (χ0) is 31.7. The Balaban J connectivity index is 1.05. The summed E-state index contributed by atoms with van der Waals surface area (Å²) in [5, 5.41) is 20.2. The number of carbonyl (C=O) groups excluding carboxylic acids is 1. The van der Waals surface area contributed by atoms with Crippen LogP contribution in [0.1, 0.15) is 10.6 Å². The van der Waals surface area contributed by atoms with Gasteiger partial charge in [-0.3, -0.25) is 9.69 Å². The number of carbonyl (C=O) groups is 1. The third-order valence-corrected chi connectivity index (χ3v) is 10.6. The lowest BCUT2D eigenvalue weighted by molar-refractivity contribution is -0.143. The van der Waals surface area contributed by atoms with E-state index in [9.17, 15) is 19.6 Å². The molecule has 1 N–H and O–H groups in total. The van der Waals surface area contributed by atoms with E-state index < -0.39 is 5.82 Å². The lowest BCUT2D eigenvalue weighted by atomic mass is 9.72. The molecule has 236 valence electrons. The number of pyridine rings is 1. The van der Waals surface area contributed by atoms with E-state index in [4.69, 9.17) is 9.72 Å². The van der Waals surface area contributed by atoms with Crippen molar-refractivity contribution in [1.29, 1.82) is 5.26 Å². The fraction of sp³-hybridized carbons (Fsp3) is 0.394. The van der Waals surface area contributed by atoms with Crippen molar-refractivity contribution in [1.82, 2.24) is 19.8 Å². The van der Waals surface area contributed by atoms with Gasteiger partial charge >= 0.3 is 0 Å². The molecule has 0 radical (unpaired) electrons. The molecule has 46 heavy (non-hydrogen) atoms. The molecule has 0 saturated carbocycles. The summed E-state index contributed by atoms with van der Waals surface area (Å²) < 4.78 is 35.5. The molecule has 10 nitrogen and oxygen atoms in total. The van der Waals surface area contributed by atoms with E-state index in [2.05, 4.69) is 20.9 Å². The molecule has 2 aromatic heterocycles. The first-order valence-electron chi connectivity index (χ1n) is 15.3. The smallest absolute Gasteiger partial charge is 0.236 e. The number of ether oxygens (including phenoxy) is 1. The normalized spacial score (nSPS) is 18.5. The molecule has 1 spiro atoms. The van der Waals surface area contributed by atoms with Crippen LogP contribution in [0.2, 0.25) is 0 Å².